The van der Waals surface area contributed by atoms with Crippen molar-refractivity contribution in [1.82, 2.24) is 0 Å². The van der Waals surface area contributed by atoms with Gasteiger partial charge in [-0.05, 0) is 29.3 Å². The number of carboxylic acids is 1. The lowest BCUT2D eigenvalue weighted by Gasteiger charge is -2.03. The number of halogens is 1. The largest absolute Gasteiger partial charge is 0.478 e. The van der Waals surface area contributed by atoms with Crippen molar-refractivity contribution < 1.29 is 9.90 Å². The van der Waals surface area contributed by atoms with Gasteiger partial charge in [0.25, 0.3) is 0 Å². The lowest BCUT2D eigenvalue weighted by atomic mass is 10.0. The van der Waals surface area contributed by atoms with Crippen molar-refractivity contribution in [3.05, 3.63) is 70.7 Å². The molecule has 0 aromatic heterocycles. The molecule has 0 radical (unpaired) electrons. The molecule has 0 heterocycles. The van der Waals surface area contributed by atoms with E-state index in [1.807, 2.05) is 30.3 Å². The Balaban J connectivity index is 2.47. The minimum absolute atomic E-state index is 0.226. The molecule has 2 nitrogen and oxygen atoms in total. The quantitative estimate of drug-likeness (QED) is 0.668. The summed E-state index contributed by atoms with van der Waals surface area (Å²) in [6, 6.07) is 16.1. The summed E-state index contributed by atoms with van der Waals surface area (Å²) in [5.41, 5.74) is 1.66. The molecule has 2 aromatic carbocycles. The summed E-state index contributed by atoms with van der Waals surface area (Å²) in [6.45, 7) is 0. The maximum atomic E-state index is 11.3. The second kappa shape index (κ2) is 5.52. The van der Waals surface area contributed by atoms with Crippen LogP contribution < -0.4 is 0 Å². The second-order valence-electron chi connectivity index (χ2n) is 3.78. The van der Waals surface area contributed by atoms with Gasteiger partial charge >= 0.3 is 5.97 Å². The van der Waals surface area contributed by atoms with Crippen LogP contribution in [0.4, 0.5) is 0 Å². The van der Waals surface area contributed by atoms with Gasteiger partial charge in [0.1, 0.15) is 0 Å². The van der Waals surface area contributed by atoms with E-state index in [4.69, 9.17) is 11.6 Å². The summed E-state index contributed by atoms with van der Waals surface area (Å²) < 4.78 is 0. The van der Waals surface area contributed by atoms with Crippen LogP contribution in [0.2, 0.25) is 5.02 Å². The molecule has 0 bridgehead atoms. The Morgan fingerprint density at radius 3 is 2.39 bits per heavy atom. The third-order valence-electron chi connectivity index (χ3n) is 2.48. The summed E-state index contributed by atoms with van der Waals surface area (Å²) in [5.74, 6) is -0.971. The smallest absolute Gasteiger partial charge is 0.336 e. The molecular formula is C15H11ClO2. The molecule has 2 rings (SSSR count). The number of rotatable bonds is 3. The van der Waals surface area contributed by atoms with Crippen LogP contribution in [0.3, 0.4) is 0 Å². The molecule has 18 heavy (non-hydrogen) atoms. The highest BCUT2D eigenvalue weighted by molar-refractivity contribution is 6.31. The fraction of sp³-hybridized carbons (Fsp3) is 0. The van der Waals surface area contributed by atoms with Gasteiger partial charge in [-0.25, -0.2) is 4.79 Å². The van der Waals surface area contributed by atoms with E-state index in [1.54, 1.807) is 30.3 Å². The maximum absolute atomic E-state index is 11.3. The molecule has 0 aliphatic carbocycles. The molecule has 0 aliphatic heterocycles. The number of aliphatic carboxylic acids is 1. The van der Waals surface area contributed by atoms with Gasteiger partial charge in [-0.3, -0.25) is 0 Å². The lowest BCUT2D eigenvalue weighted by Crippen LogP contribution is -1.99. The molecule has 90 valence electrons. The summed E-state index contributed by atoms with van der Waals surface area (Å²) in [5, 5.41) is 9.79. The Bertz CT molecular complexity index is 588. The topological polar surface area (TPSA) is 37.3 Å². The van der Waals surface area contributed by atoms with Gasteiger partial charge in [0.15, 0.2) is 0 Å². The maximum Gasteiger partial charge on any atom is 0.336 e. The van der Waals surface area contributed by atoms with E-state index < -0.39 is 5.97 Å². The van der Waals surface area contributed by atoms with Gasteiger partial charge < -0.3 is 5.11 Å². The van der Waals surface area contributed by atoms with Crippen molar-refractivity contribution in [3.63, 3.8) is 0 Å². The molecule has 0 atom stereocenters. The van der Waals surface area contributed by atoms with E-state index in [9.17, 15) is 9.90 Å². The average molecular weight is 259 g/mol. The Morgan fingerprint density at radius 1 is 1.06 bits per heavy atom. The molecule has 0 aliphatic rings. The van der Waals surface area contributed by atoms with E-state index >= 15 is 0 Å². The van der Waals surface area contributed by atoms with Crippen molar-refractivity contribution in [2.75, 3.05) is 0 Å². The molecular weight excluding hydrogens is 248 g/mol. The van der Waals surface area contributed by atoms with Crippen LogP contribution in [0.25, 0.3) is 11.6 Å². The summed E-state index contributed by atoms with van der Waals surface area (Å²) in [7, 11) is 0. The fourth-order valence-electron chi connectivity index (χ4n) is 1.64. The van der Waals surface area contributed by atoms with Gasteiger partial charge in [0, 0.05) is 5.02 Å². The van der Waals surface area contributed by atoms with E-state index in [0.717, 1.165) is 5.56 Å². The van der Waals surface area contributed by atoms with Crippen LogP contribution in [0.5, 0.6) is 0 Å². The van der Waals surface area contributed by atoms with Crippen molar-refractivity contribution in [2.45, 2.75) is 0 Å². The normalized spacial score (nSPS) is 11.3. The van der Waals surface area contributed by atoms with Gasteiger partial charge in [-0.15, -0.1) is 0 Å². The molecule has 0 saturated carbocycles. The molecule has 2 aromatic rings. The molecule has 0 spiro atoms. The van der Waals surface area contributed by atoms with Crippen LogP contribution in [0, 0.1) is 0 Å². The predicted molar refractivity (Wildman–Crippen MR) is 73.4 cm³/mol. The van der Waals surface area contributed by atoms with Crippen LogP contribution >= 0.6 is 11.6 Å². The third kappa shape index (κ3) is 2.99. The van der Waals surface area contributed by atoms with Gasteiger partial charge in [-0.2, -0.15) is 0 Å². The Hall–Kier alpha value is -2.06. The van der Waals surface area contributed by atoms with Gasteiger partial charge in [0.2, 0.25) is 0 Å². The van der Waals surface area contributed by atoms with Crippen molar-refractivity contribution in [3.8, 4) is 0 Å². The molecule has 3 heteroatoms. The highest BCUT2D eigenvalue weighted by Gasteiger charge is 2.10. The molecule has 0 saturated heterocycles. The number of hydrogen-bond acceptors (Lipinski definition) is 1. The number of carboxylic acid groups (broad SMARTS) is 1. The van der Waals surface area contributed by atoms with E-state index in [1.165, 1.54) is 0 Å². The zero-order valence-corrected chi connectivity index (χ0v) is 10.3. The minimum Gasteiger partial charge on any atom is -0.478 e. The van der Waals surface area contributed by atoms with Crippen LogP contribution in [0.1, 0.15) is 11.1 Å². The average Bonchev–Trinajstić information content (AvgIpc) is 2.37. The number of benzene rings is 2. The Kier molecular flexibility index (Phi) is 3.80. The third-order valence-corrected chi connectivity index (χ3v) is 2.71. The van der Waals surface area contributed by atoms with Crippen molar-refractivity contribution in [1.29, 1.82) is 0 Å². The van der Waals surface area contributed by atoms with E-state index in [2.05, 4.69) is 0 Å². The summed E-state index contributed by atoms with van der Waals surface area (Å²) >= 11 is 5.88. The monoisotopic (exact) mass is 258 g/mol. The van der Waals surface area contributed by atoms with Gasteiger partial charge in [0.05, 0.1) is 5.57 Å². The van der Waals surface area contributed by atoms with Crippen LogP contribution in [-0.4, -0.2) is 11.1 Å². The number of hydrogen-bond donors (Lipinski definition) is 1. The fourth-order valence-corrected chi connectivity index (χ4v) is 1.83. The second-order valence-corrected chi connectivity index (χ2v) is 4.22. The van der Waals surface area contributed by atoms with E-state index in [0.29, 0.717) is 10.6 Å². The SMILES string of the molecule is O=C(O)C(=Cc1ccccc1)c1cccc(Cl)c1. The standard InChI is InChI=1S/C15H11ClO2/c16-13-8-4-7-12(10-13)14(15(17)18)9-11-5-2-1-3-6-11/h1-10H,(H,17,18). The summed E-state index contributed by atoms with van der Waals surface area (Å²) in [4.78, 5) is 11.3. The lowest BCUT2D eigenvalue weighted by molar-refractivity contribution is -0.130. The predicted octanol–water partition coefficient (Wildman–Crippen LogP) is 3.97. The molecule has 0 fully saturated rings. The first-order valence-electron chi connectivity index (χ1n) is 5.43. The minimum atomic E-state index is -0.971. The molecule has 0 amide bonds. The van der Waals surface area contributed by atoms with Crippen LogP contribution in [0.15, 0.2) is 54.6 Å². The first-order chi connectivity index (χ1) is 8.66. The van der Waals surface area contributed by atoms with E-state index in [-0.39, 0.29) is 5.57 Å². The zero-order chi connectivity index (χ0) is 13.0. The first kappa shape index (κ1) is 12.4. The molecule has 1 N–H and O–H groups in total. The van der Waals surface area contributed by atoms with Crippen LogP contribution in [-0.2, 0) is 4.79 Å². The Labute approximate surface area is 110 Å². The first-order valence-corrected chi connectivity index (χ1v) is 5.80. The number of carbonyl (C=O) groups is 1. The zero-order valence-electron chi connectivity index (χ0n) is 9.51. The highest BCUT2D eigenvalue weighted by atomic mass is 35.5. The highest BCUT2D eigenvalue weighted by Crippen LogP contribution is 2.21. The molecule has 0 unspecified atom stereocenters. The van der Waals surface area contributed by atoms with Gasteiger partial charge in [-0.1, -0.05) is 54.1 Å². The van der Waals surface area contributed by atoms with Crippen molar-refractivity contribution in [2.24, 2.45) is 0 Å². The van der Waals surface area contributed by atoms with Crippen molar-refractivity contribution >= 4 is 29.2 Å². The summed E-state index contributed by atoms with van der Waals surface area (Å²) in [6.07, 6.45) is 1.63. The Morgan fingerprint density at radius 2 is 1.78 bits per heavy atom.